The van der Waals surface area contributed by atoms with Crippen molar-refractivity contribution in [3.63, 3.8) is 0 Å². The van der Waals surface area contributed by atoms with Gasteiger partial charge in [-0.3, -0.25) is 9.69 Å². The Bertz CT molecular complexity index is 333. The summed E-state index contributed by atoms with van der Waals surface area (Å²) >= 11 is 0. The van der Waals surface area contributed by atoms with Crippen LogP contribution in [0.2, 0.25) is 0 Å². The highest BCUT2D eigenvalue weighted by Gasteiger charge is 2.48. The summed E-state index contributed by atoms with van der Waals surface area (Å²) in [4.78, 5) is 13.6. The predicted molar refractivity (Wildman–Crippen MR) is 70.6 cm³/mol. The molecule has 0 aromatic heterocycles. The molecule has 1 aliphatic heterocycles. The van der Waals surface area contributed by atoms with Gasteiger partial charge in [-0.25, -0.2) is 0 Å². The van der Waals surface area contributed by atoms with Crippen LogP contribution >= 0.6 is 0 Å². The van der Waals surface area contributed by atoms with Crippen LogP contribution in [-0.2, 0) is 4.79 Å². The molecule has 0 radical (unpaired) electrons. The first-order valence-electron chi connectivity index (χ1n) is 7.30. The van der Waals surface area contributed by atoms with E-state index in [1.54, 1.807) is 0 Å². The Morgan fingerprint density at radius 3 is 2.60 bits per heavy atom. The molecule has 0 aromatic carbocycles. The highest BCUT2D eigenvalue weighted by molar-refractivity contribution is 5.79. The Morgan fingerprint density at radius 1 is 1.45 bits per heavy atom. The lowest BCUT2D eigenvalue weighted by Crippen LogP contribution is -2.53. The summed E-state index contributed by atoms with van der Waals surface area (Å²) in [5.41, 5.74) is -0.869. The normalized spacial score (nSPS) is 25.9. The molecule has 0 saturated carbocycles. The second-order valence-corrected chi connectivity index (χ2v) is 5.74. The van der Waals surface area contributed by atoms with Crippen molar-refractivity contribution in [1.82, 2.24) is 4.90 Å². The molecule has 3 nitrogen and oxygen atoms in total. The second kappa shape index (κ2) is 6.78. The Labute approximate surface area is 118 Å². The highest BCUT2D eigenvalue weighted by atomic mass is 19.4. The summed E-state index contributed by atoms with van der Waals surface area (Å²) in [6.45, 7) is 4.45. The van der Waals surface area contributed by atoms with Crippen LogP contribution in [0.25, 0.3) is 0 Å². The lowest BCUT2D eigenvalue weighted by molar-refractivity contribution is -0.152. The van der Waals surface area contributed by atoms with Crippen molar-refractivity contribution in [2.24, 2.45) is 0 Å². The van der Waals surface area contributed by atoms with Crippen molar-refractivity contribution in [2.75, 3.05) is 6.54 Å². The average Bonchev–Trinajstić information content (AvgIpc) is 2.72. The van der Waals surface area contributed by atoms with Crippen molar-refractivity contribution in [3.8, 4) is 0 Å². The molecule has 1 rings (SSSR count). The number of likely N-dealkylation sites (tertiary alicyclic amines) is 1. The molecule has 2 unspecified atom stereocenters. The van der Waals surface area contributed by atoms with Crippen LogP contribution in [0.15, 0.2) is 0 Å². The molecule has 1 aliphatic rings. The van der Waals surface area contributed by atoms with E-state index in [2.05, 4.69) is 0 Å². The molecule has 0 spiro atoms. The molecule has 118 valence electrons. The van der Waals surface area contributed by atoms with E-state index in [-0.39, 0.29) is 12.5 Å². The lowest BCUT2D eigenvalue weighted by Gasteiger charge is -2.39. The van der Waals surface area contributed by atoms with E-state index in [1.165, 1.54) is 0 Å². The third-order valence-corrected chi connectivity index (χ3v) is 4.22. The van der Waals surface area contributed by atoms with Gasteiger partial charge in [-0.15, -0.1) is 0 Å². The Balaban J connectivity index is 2.65. The maximum atomic E-state index is 12.2. The molecule has 2 atom stereocenters. The summed E-state index contributed by atoms with van der Waals surface area (Å²) in [5, 5.41) is 9.55. The minimum Gasteiger partial charge on any atom is -0.480 e. The number of carbonyl (C=O) groups is 1. The molecule has 0 aliphatic carbocycles. The minimum absolute atomic E-state index is 0.0585. The number of rotatable bonds is 7. The van der Waals surface area contributed by atoms with E-state index in [1.807, 2.05) is 18.7 Å². The van der Waals surface area contributed by atoms with Crippen LogP contribution in [0.3, 0.4) is 0 Å². The number of hydrogen-bond donors (Lipinski definition) is 1. The first-order valence-corrected chi connectivity index (χ1v) is 7.30. The van der Waals surface area contributed by atoms with Gasteiger partial charge in [0, 0.05) is 12.5 Å². The van der Waals surface area contributed by atoms with Crippen molar-refractivity contribution in [3.05, 3.63) is 0 Å². The molecular formula is C14H24F3NO2. The number of carboxylic acids is 1. The van der Waals surface area contributed by atoms with E-state index in [0.717, 1.165) is 12.8 Å². The first kappa shape index (κ1) is 17.3. The summed E-state index contributed by atoms with van der Waals surface area (Å²) in [6, 6.07) is -0.123. The van der Waals surface area contributed by atoms with Crippen molar-refractivity contribution < 1.29 is 23.1 Å². The molecule has 0 bridgehead atoms. The number of halogens is 3. The first-order chi connectivity index (χ1) is 9.23. The fourth-order valence-electron chi connectivity index (χ4n) is 3.31. The molecule has 6 heteroatoms. The number of alkyl halides is 3. The third kappa shape index (κ3) is 4.11. The number of aliphatic carboxylic acids is 1. The van der Waals surface area contributed by atoms with Gasteiger partial charge in [-0.1, -0.05) is 13.3 Å². The van der Waals surface area contributed by atoms with E-state index >= 15 is 0 Å². The van der Waals surface area contributed by atoms with Crippen LogP contribution in [0.4, 0.5) is 13.2 Å². The highest BCUT2D eigenvalue weighted by Crippen LogP contribution is 2.37. The molecule has 20 heavy (non-hydrogen) atoms. The van der Waals surface area contributed by atoms with Crippen molar-refractivity contribution in [1.29, 1.82) is 0 Å². The van der Waals surface area contributed by atoms with Gasteiger partial charge in [0.1, 0.15) is 5.54 Å². The van der Waals surface area contributed by atoms with Crippen LogP contribution in [0.1, 0.15) is 58.8 Å². The van der Waals surface area contributed by atoms with Crippen molar-refractivity contribution >= 4 is 5.97 Å². The molecule has 1 fully saturated rings. The zero-order valence-electron chi connectivity index (χ0n) is 12.2. The smallest absolute Gasteiger partial charge is 0.389 e. The van der Waals surface area contributed by atoms with E-state index < -0.39 is 24.1 Å². The molecule has 1 N–H and O–H groups in total. The lowest BCUT2D eigenvalue weighted by atomic mass is 9.89. The van der Waals surface area contributed by atoms with Gasteiger partial charge in [0.25, 0.3) is 0 Å². The summed E-state index contributed by atoms with van der Waals surface area (Å²) < 4.78 is 36.5. The number of hydrogen-bond acceptors (Lipinski definition) is 2. The fraction of sp³-hybridized carbons (Fsp3) is 0.929. The molecular weight excluding hydrogens is 271 g/mol. The Kier molecular flexibility index (Phi) is 5.86. The minimum atomic E-state index is -4.13. The van der Waals surface area contributed by atoms with Gasteiger partial charge in [0.2, 0.25) is 0 Å². The van der Waals surface area contributed by atoms with Gasteiger partial charge in [-0.05, 0) is 45.6 Å². The van der Waals surface area contributed by atoms with Crippen LogP contribution < -0.4 is 0 Å². The van der Waals surface area contributed by atoms with Crippen LogP contribution in [0, 0.1) is 0 Å². The zero-order valence-corrected chi connectivity index (χ0v) is 12.2. The standard InChI is InChI=1S/C14H24F3NO2/c1-3-7-13(12(19)20)8-5-10-18(13)11(2)6-4-9-14(15,16)17/h11H,3-10H2,1-2H3,(H,19,20). The average molecular weight is 295 g/mol. The summed E-state index contributed by atoms with van der Waals surface area (Å²) in [5.74, 6) is -0.834. The van der Waals surface area contributed by atoms with E-state index in [9.17, 15) is 23.1 Å². The topological polar surface area (TPSA) is 40.5 Å². The summed E-state index contributed by atoms with van der Waals surface area (Å²) in [7, 11) is 0. The van der Waals surface area contributed by atoms with E-state index in [4.69, 9.17) is 0 Å². The van der Waals surface area contributed by atoms with Gasteiger partial charge in [0.15, 0.2) is 0 Å². The maximum absolute atomic E-state index is 12.2. The Morgan fingerprint density at radius 2 is 2.10 bits per heavy atom. The second-order valence-electron chi connectivity index (χ2n) is 5.74. The SMILES string of the molecule is CCCC1(C(=O)O)CCCN1C(C)CCCC(F)(F)F. The largest absolute Gasteiger partial charge is 0.480 e. The van der Waals surface area contributed by atoms with Gasteiger partial charge < -0.3 is 5.11 Å². The van der Waals surface area contributed by atoms with Crippen LogP contribution in [-0.4, -0.2) is 40.3 Å². The Hall–Kier alpha value is -0.780. The van der Waals surface area contributed by atoms with Gasteiger partial charge in [-0.2, -0.15) is 13.2 Å². The third-order valence-electron chi connectivity index (χ3n) is 4.22. The molecule has 0 amide bonds. The summed E-state index contributed by atoms with van der Waals surface area (Å²) in [6.07, 6.45) is -1.75. The monoisotopic (exact) mass is 295 g/mol. The van der Waals surface area contributed by atoms with Crippen LogP contribution in [0.5, 0.6) is 0 Å². The fourth-order valence-corrected chi connectivity index (χ4v) is 3.31. The van der Waals surface area contributed by atoms with Gasteiger partial charge >= 0.3 is 12.1 Å². The molecule has 1 heterocycles. The van der Waals surface area contributed by atoms with Crippen molar-refractivity contribution in [2.45, 2.75) is 76.6 Å². The quantitative estimate of drug-likeness (QED) is 0.776. The molecule has 1 saturated heterocycles. The van der Waals surface area contributed by atoms with Gasteiger partial charge in [0.05, 0.1) is 0 Å². The predicted octanol–water partition coefficient (Wildman–Crippen LogP) is 3.83. The number of carboxylic acid groups (broad SMARTS) is 1. The number of nitrogens with zero attached hydrogens (tertiary/aromatic N) is 1. The maximum Gasteiger partial charge on any atom is 0.389 e. The zero-order chi connectivity index (χ0) is 15.4. The molecule has 0 aromatic rings. The van der Waals surface area contributed by atoms with E-state index in [0.29, 0.717) is 25.8 Å².